The topological polar surface area (TPSA) is 94.7 Å². The molecule has 3 aromatic carbocycles. The summed E-state index contributed by atoms with van der Waals surface area (Å²) >= 11 is 6.38. The lowest BCUT2D eigenvalue weighted by Gasteiger charge is -2.36. The lowest BCUT2D eigenvalue weighted by atomic mass is 9.89. The number of H-pyrrole nitrogens is 1. The second-order valence-electron chi connectivity index (χ2n) is 9.72. The number of benzene rings is 3. The number of fused-ring (bicyclic) bond motifs is 4. The third-order valence-corrected chi connectivity index (χ3v) is 7.65. The number of urea groups is 1. The largest absolute Gasteiger partial charge is 0.385 e. The summed E-state index contributed by atoms with van der Waals surface area (Å²) in [7, 11) is 1.60. The van der Waals surface area contributed by atoms with Crippen LogP contribution in [0.2, 0.25) is 5.02 Å². The van der Waals surface area contributed by atoms with Crippen LogP contribution in [0, 0.1) is 0 Å². The minimum atomic E-state index is -0.731. The van der Waals surface area contributed by atoms with E-state index < -0.39 is 18.1 Å². The van der Waals surface area contributed by atoms with Gasteiger partial charge in [-0.25, -0.2) is 9.69 Å². The molecule has 2 aliphatic rings. The van der Waals surface area contributed by atoms with E-state index in [1.807, 2.05) is 42.5 Å². The van der Waals surface area contributed by atoms with E-state index in [2.05, 4.69) is 10.3 Å². The summed E-state index contributed by atoms with van der Waals surface area (Å²) in [5.41, 5.74) is 4.14. The number of carbonyl (C=O) groups is 3. The molecule has 0 radical (unpaired) electrons. The highest BCUT2D eigenvalue weighted by Gasteiger charge is 2.53. The van der Waals surface area contributed by atoms with Crippen LogP contribution in [0.25, 0.3) is 10.9 Å². The quantitative estimate of drug-likeness (QED) is 0.252. The van der Waals surface area contributed by atoms with Crippen molar-refractivity contribution in [1.82, 2.24) is 15.2 Å². The van der Waals surface area contributed by atoms with E-state index in [9.17, 15) is 14.4 Å². The number of nitrogens with zero attached hydrogens (tertiary/aromatic N) is 2. The second kappa shape index (κ2) is 10.2. The third-order valence-electron chi connectivity index (χ3n) is 7.41. The number of hydrogen-bond donors (Lipinski definition) is 2. The van der Waals surface area contributed by atoms with E-state index in [1.54, 1.807) is 42.3 Å². The van der Waals surface area contributed by atoms with Crippen LogP contribution in [0.3, 0.4) is 0 Å². The van der Waals surface area contributed by atoms with Crippen molar-refractivity contribution in [2.45, 2.75) is 24.9 Å². The number of halogens is 1. The van der Waals surface area contributed by atoms with Gasteiger partial charge in [-0.05, 0) is 47.9 Å². The third kappa shape index (κ3) is 4.26. The zero-order chi connectivity index (χ0) is 27.1. The van der Waals surface area contributed by atoms with E-state index in [1.165, 1.54) is 0 Å². The van der Waals surface area contributed by atoms with E-state index in [0.29, 0.717) is 31.0 Å². The van der Waals surface area contributed by atoms with Crippen LogP contribution in [0.4, 0.5) is 10.5 Å². The Kier molecular flexibility index (Phi) is 6.58. The number of rotatable bonds is 7. The first-order valence-electron chi connectivity index (χ1n) is 12.9. The fraction of sp³-hybridized carbons (Fsp3) is 0.233. The van der Waals surface area contributed by atoms with E-state index in [4.69, 9.17) is 16.3 Å². The number of amides is 4. The molecule has 1 fully saturated rings. The molecular weight excluding hydrogens is 516 g/mol. The normalized spacial score (nSPS) is 18.4. The van der Waals surface area contributed by atoms with E-state index in [-0.39, 0.29) is 23.1 Å². The zero-order valence-corrected chi connectivity index (χ0v) is 22.1. The Morgan fingerprint density at radius 2 is 1.87 bits per heavy atom. The number of aromatic nitrogens is 1. The SMILES string of the molecule is COCCCNC(=O)c1ccccc1N1C(=O)C2Cc3c([nH]c4ccccc34)C(c3cccc(Cl)c3)N2C1=O. The molecule has 2 N–H and O–H groups in total. The summed E-state index contributed by atoms with van der Waals surface area (Å²) in [4.78, 5) is 47.5. The molecule has 4 amide bonds. The fourth-order valence-corrected chi connectivity index (χ4v) is 5.89. The Bertz CT molecular complexity index is 1600. The average Bonchev–Trinajstić information content (AvgIpc) is 3.44. The van der Waals surface area contributed by atoms with Crippen molar-refractivity contribution in [2.75, 3.05) is 25.2 Å². The van der Waals surface area contributed by atoms with Gasteiger partial charge in [-0.3, -0.25) is 14.5 Å². The number of ether oxygens (including phenoxy) is 1. The van der Waals surface area contributed by atoms with Gasteiger partial charge in [-0.2, -0.15) is 0 Å². The van der Waals surface area contributed by atoms with Crippen molar-refractivity contribution in [3.63, 3.8) is 0 Å². The van der Waals surface area contributed by atoms with Crippen LogP contribution >= 0.6 is 11.6 Å². The van der Waals surface area contributed by atoms with Crippen LogP contribution < -0.4 is 10.2 Å². The molecule has 2 atom stereocenters. The van der Waals surface area contributed by atoms with Gasteiger partial charge in [0.05, 0.1) is 11.3 Å². The molecule has 0 bridgehead atoms. The maximum atomic E-state index is 14.2. The van der Waals surface area contributed by atoms with Crippen molar-refractivity contribution < 1.29 is 19.1 Å². The van der Waals surface area contributed by atoms with Crippen molar-refractivity contribution in [3.8, 4) is 0 Å². The summed E-state index contributed by atoms with van der Waals surface area (Å²) in [6.07, 6.45) is 1.01. The van der Waals surface area contributed by atoms with Crippen LogP contribution in [-0.2, 0) is 16.0 Å². The summed E-state index contributed by atoms with van der Waals surface area (Å²) < 4.78 is 5.05. The highest BCUT2D eigenvalue weighted by molar-refractivity contribution is 6.30. The molecule has 4 aromatic rings. The molecule has 0 saturated carbocycles. The van der Waals surface area contributed by atoms with Gasteiger partial charge < -0.3 is 15.0 Å². The number of aromatic amines is 1. The Morgan fingerprint density at radius 1 is 1.08 bits per heavy atom. The van der Waals surface area contributed by atoms with Gasteiger partial charge in [-0.1, -0.05) is 54.1 Å². The monoisotopic (exact) mass is 542 g/mol. The number of para-hydroxylation sites is 2. The molecular formula is C30H27ClN4O4. The molecule has 1 saturated heterocycles. The Morgan fingerprint density at radius 3 is 2.69 bits per heavy atom. The van der Waals surface area contributed by atoms with Crippen LogP contribution in [-0.4, -0.2) is 54.0 Å². The summed E-state index contributed by atoms with van der Waals surface area (Å²) in [6.45, 7) is 0.928. The van der Waals surface area contributed by atoms with Crippen molar-refractivity contribution in [3.05, 3.63) is 100 Å². The first-order chi connectivity index (χ1) is 19.0. The molecule has 0 spiro atoms. The maximum Gasteiger partial charge on any atom is 0.332 e. The molecule has 8 nitrogen and oxygen atoms in total. The predicted octanol–water partition coefficient (Wildman–Crippen LogP) is 5.07. The van der Waals surface area contributed by atoms with E-state index in [0.717, 1.165) is 32.6 Å². The molecule has 39 heavy (non-hydrogen) atoms. The molecule has 3 heterocycles. The van der Waals surface area contributed by atoms with Gasteiger partial charge >= 0.3 is 6.03 Å². The van der Waals surface area contributed by atoms with Crippen LogP contribution in [0.5, 0.6) is 0 Å². The second-order valence-corrected chi connectivity index (χ2v) is 10.2. The zero-order valence-electron chi connectivity index (χ0n) is 21.3. The van der Waals surface area contributed by atoms with Gasteiger partial charge in [0.15, 0.2) is 0 Å². The van der Waals surface area contributed by atoms with Crippen molar-refractivity contribution in [1.29, 1.82) is 0 Å². The molecule has 0 aliphatic carbocycles. The smallest absolute Gasteiger partial charge is 0.332 e. The number of carbonyl (C=O) groups excluding carboxylic acids is 3. The van der Waals surface area contributed by atoms with Gasteiger partial charge in [0.25, 0.3) is 11.8 Å². The Balaban J connectivity index is 1.43. The number of anilines is 1. The minimum absolute atomic E-state index is 0.264. The first-order valence-corrected chi connectivity index (χ1v) is 13.2. The lowest BCUT2D eigenvalue weighted by Crippen LogP contribution is -2.44. The first kappa shape index (κ1) is 25.2. The molecule has 198 valence electrons. The average molecular weight is 543 g/mol. The summed E-state index contributed by atoms with van der Waals surface area (Å²) in [5.74, 6) is -0.711. The number of hydrogen-bond acceptors (Lipinski definition) is 4. The maximum absolute atomic E-state index is 14.2. The predicted molar refractivity (Wildman–Crippen MR) is 149 cm³/mol. The molecule has 2 unspecified atom stereocenters. The summed E-state index contributed by atoms with van der Waals surface area (Å²) in [5, 5.41) is 4.42. The lowest BCUT2D eigenvalue weighted by molar-refractivity contribution is -0.120. The molecule has 6 rings (SSSR count). The van der Waals surface area contributed by atoms with Gasteiger partial charge in [0.2, 0.25) is 0 Å². The Labute approximate surface area is 230 Å². The highest BCUT2D eigenvalue weighted by Crippen LogP contribution is 2.45. The van der Waals surface area contributed by atoms with Crippen LogP contribution in [0.15, 0.2) is 72.8 Å². The van der Waals surface area contributed by atoms with E-state index >= 15 is 0 Å². The van der Waals surface area contributed by atoms with Gasteiger partial charge in [0, 0.05) is 48.3 Å². The molecule has 1 aromatic heterocycles. The molecule has 9 heteroatoms. The molecule has 2 aliphatic heterocycles. The van der Waals surface area contributed by atoms with Crippen molar-refractivity contribution in [2.24, 2.45) is 0 Å². The highest BCUT2D eigenvalue weighted by atomic mass is 35.5. The van der Waals surface area contributed by atoms with Crippen molar-refractivity contribution >= 4 is 46.0 Å². The fourth-order valence-electron chi connectivity index (χ4n) is 5.69. The van der Waals surface area contributed by atoms with Crippen LogP contribution in [0.1, 0.15) is 39.6 Å². The Hall–Kier alpha value is -4.14. The standard InChI is InChI=1S/C30H27ClN4O4/c1-39-15-7-14-32-28(36)21-11-3-5-13-24(21)35-29(37)25-17-22-20-10-2-4-12-23(20)33-26(22)27(34(25)30(35)38)18-8-6-9-19(31)16-18/h2-6,8-13,16,25,27,33H,7,14-15,17H2,1H3,(H,32,36). The number of nitrogens with one attached hydrogen (secondary N) is 2. The van der Waals surface area contributed by atoms with Gasteiger partial charge in [0.1, 0.15) is 12.1 Å². The van der Waals surface area contributed by atoms with Gasteiger partial charge in [-0.15, -0.1) is 0 Å². The summed E-state index contributed by atoms with van der Waals surface area (Å²) in [6, 6.07) is 20.2. The minimum Gasteiger partial charge on any atom is -0.385 e. The number of imide groups is 1. The number of methoxy groups -OCH3 is 1.